The number of hydrogen-bond donors (Lipinski definition) is 0. The van der Waals surface area contributed by atoms with Gasteiger partial charge >= 0.3 is 0 Å². The maximum absolute atomic E-state index is 6.97. The first-order valence-corrected chi connectivity index (χ1v) is 15.5. The Morgan fingerprint density at radius 3 is 1.75 bits per heavy atom. The molecule has 8 aromatic rings. The third-order valence-corrected chi connectivity index (χ3v) is 10.8. The Morgan fingerprint density at radius 2 is 1.02 bits per heavy atom. The molecule has 0 fully saturated rings. The molecule has 1 aliphatic carbocycles. The molecular formula is C42H33NO. The van der Waals surface area contributed by atoms with E-state index in [0.717, 1.165) is 33.4 Å². The van der Waals surface area contributed by atoms with Crippen LogP contribution in [0.15, 0.2) is 132 Å². The third kappa shape index (κ3) is 3.20. The Labute approximate surface area is 257 Å². The van der Waals surface area contributed by atoms with Gasteiger partial charge < -0.3 is 8.98 Å². The van der Waals surface area contributed by atoms with E-state index in [1.807, 2.05) is 0 Å². The Kier molecular flexibility index (Phi) is 5.05. The molecule has 2 nitrogen and oxygen atoms in total. The van der Waals surface area contributed by atoms with Crippen LogP contribution in [0.4, 0.5) is 0 Å². The lowest BCUT2D eigenvalue weighted by atomic mass is 9.55. The zero-order valence-corrected chi connectivity index (χ0v) is 25.5. The topological polar surface area (TPSA) is 18.1 Å². The Balaban J connectivity index is 1.24. The van der Waals surface area contributed by atoms with Crippen molar-refractivity contribution >= 4 is 43.7 Å². The molecule has 2 aromatic heterocycles. The first-order chi connectivity index (χ1) is 21.4. The van der Waals surface area contributed by atoms with Gasteiger partial charge in [-0.3, -0.25) is 0 Å². The van der Waals surface area contributed by atoms with Gasteiger partial charge in [0.15, 0.2) is 0 Å². The maximum Gasteiger partial charge on any atom is 0.143 e. The highest BCUT2D eigenvalue weighted by Crippen LogP contribution is 2.56. The molecule has 0 bridgehead atoms. The van der Waals surface area contributed by atoms with Crippen molar-refractivity contribution in [2.75, 3.05) is 0 Å². The lowest BCUT2D eigenvalue weighted by molar-refractivity contribution is 0.299. The quantitative estimate of drug-likeness (QED) is 0.203. The van der Waals surface area contributed by atoms with Crippen LogP contribution in [-0.4, -0.2) is 4.57 Å². The molecule has 0 spiro atoms. The van der Waals surface area contributed by atoms with Gasteiger partial charge in [0.1, 0.15) is 11.2 Å². The molecule has 0 saturated carbocycles. The van der Waals surface area contributed by atoms with Crippen LogP contribution in [-0.2, 0) is 10.8 Å². The molecule has 2 heterocycles. The molecular weight excluding hydrogens is 534 g/mol. The lowest BCUT2D eigenvalue weighted by Crippen LogP contribution is -2.43. The van der Waals surface area contributed by atoms with Gasteiger partial charge in [0.05, 0.1) is 11.0 Å². The molecule has 0 amide bonds. The summed E-state index contributed by atoms with van der Waals surface area (Å²) in [6.45, 7) is 9.50. The van der Waals surface area contributed by atoms with Gasteiger partial charge in [-0.05, 0) is 57.3 Å². The highest BCUT2D eigenvalue weighted by atomic mass is 16.3. The van der Waals surface area contributed by atoms with Crippen molar-refractivity contribution in [3.63, 3.8) is 0 Å². The first kappa shape index (κ1) is 25.4. The van der Waals surface area contributed by atoms with Crippen molar-refractivity contribution in [3.8, 4) is 27.9 Å². The predicted octanol–water partition coefficient (Wildman–Crippen LogP) is 11.6. The van der Waals surface area contributed by atoms with Gasteiger partial charge in [0, 0.05) is 38.4 Å². The highest BCUT2D eigenvalue weighted by molar-refractivity contribution is 6.14. The number of fused-ring (bicyclic) bond motifs is 10. The summed E-state index contributed by atoms with van der Waals surface area (Å²) in [5.41, 5.74) is 13.0. The van der Waals surface area contributed by atoms with Gasteiger partial charge in [-0.1, -0.05) is 131 Å². The summed E-state index contributed by atoms with van der Waals surface area (Å²) in [6.07, 6.45) is 0. The summed E-state index contributed by atoms with van der Waals surface area (Å²) in [7, 11) is 0. The number of nitrogens with zero attached hydrogens (tertiary/aromatic N) is 1. The van der Waals surface area contributed by atoms with E-state index in [2.05, 4.69) is 160 Å². The summed E-state index contributed by atoms with van der Waals surface area (Å²) in [5.74, 6) is 0. The van der Waals surface area contributed by atoms with Crippen LogP contribution in [0.3, 0.4) is 0 Å². The fourth-order valence-electron chi connectivity index (χ4n) is 7.79. The largest absolute Gasteiger partial charge is 0.455 e. The van der Waals surface area contributed by atoms with Crippen molar-refractivity contribution in [3.05, 3.63) is 139 Å². The molecule has 2 heteroatoms. The van der Waals surface area contributed by atoms with Gasteiger partial charge in [0.25, 0.3) is 0 Å². The van der Waals surface area contributed by atoms with Crippen molar-refractivity contribution in [2.45, 2.75) is 38.5 Å². The van der Waals surface area contributed by atoms with Gasteiger partial charge in [-0.2, -0.15) is 0 Å². The number of para-hydroxylation sites is 3. The maximum atomic E-state index is 6.97. The average Bonchev–Trinajstić information content (AvgIpc) is 3.60. The summed E-state index contributed by atoms with van der Waals surface area (Å²) < 4.78 is 9.33. The van der Waals surface area contributed by atoms with E-state index in [4.69, 9.17) is 4.42 Å². The molecule has 0 aliphatic heterocycles. The Hall–Kier alpha value is -5.08. The van der Waals surface area contributed by atoms with Crippen LogP contribution < -0.4 is 0 Å². The molecule has 6 aromatic carbocycles. The number of furan rings is 1. The standard InChI is InChI=1S/C42H33NO/c1-41(2)34-17-8-5-14-33(34)38-35(42(41,3)4)25-24-32-31-16-11-15-28(39(31)44-40(32)38)26-20-22-27(23-21-26)43-36-18-9-6-12-29(36)30-13-7-10-19-37(30)43/h5-25H,1-4H3. The number of benzene rings is 6. The monoisotopic (exact) mass is 567 g/mol. The van der Waals surface area contributed by atoms with Crippen molar-refractivity contribution in [1.82, 2.24) is 4.57 Å². The van der Waals surface area contributed by atoms with E-state index in [-0.39, 0.29) is 10.8 Å². The smallest absolute Gasteiger partial charge is 0.143 e. The minimum Gasteiger partial charge on any atom is -0.455 e. The number of hydrogen-bond acceptors (Lipinski definition) is 1. The second-order valence-corrected chi connectivity index (χ2v) is 13.4. The molecule has 212 valence electrons. The van der Waals surface area contributed by atoms with E-state index >= 15 is 0 Å². The summed E-state index contributed by atoms with van der Waals surface area (Å²) >= 11 is 0. The predicted molar refractivity (Wildman–Crippen MR) is 185 cm³/mol. The molecule has 44 heavy (non-hydrogen) atoms. The Morgan fingerprint density at radius 1 is 0.455 bits per heavy atom. The molecule has 0 N–H and O–H groups in total. The summed E-state index contributed by atoms with van der Waals surface area (Å²) in [6, 6.07) is 46.3. The van der Waals surface area contributed by atoms with Crippen LogP contribution in [0.1, 0.15) is 38.8 Å². The number of aromatic nitrogens is 1. The molecule has 1 aliphatic rings. The first-order valence-electron chi connectivity index (χ1n) is 15.5. The van der Waals surface area contributed by atoms with Crippen molar-refractivity contribution in [2.24, 2.45) is 0 Å². The second kappa shape index (κ2) is 8.74. The zero-order chi connectivity index (χ0) is 29.8. The minimum absolute atomic E-state index is 0.0143. The minimum atomic E-state index is -0.0602. The molecule has 0 unspecified atom stereocenters. The average molecular weight is 568 g/mol. The zero-order valence-electron chi connectivity index (χ0n) is 25.5. The molecule has 9 rings (SSSR count). The lowest BCUT2D eigenvalue weighted by Gasteiger charge is -2.48. The van der Waals surface area contributed by atoms with Crippen molar-refractivity contribution in [1.29, 1.82) is 0 Å². The molecule has 0 radical (unpaired) electrons. The van der Waals surface area contributed by atoms with E-state index in [0.29, 0.717) is 0 Å². The van der Waals surface area contributed by atoms with Gasteiger partial charge in [-0.15, -0.1) is 0 Å². The van der Waals surface area contributed by atoms with E-state index < -0.39 is 0 Å². The Bertz CT molecular complexity index is 2380. The SMILES string of the molecule is CC1(C)c2ccccc2-c2c(ccc3c2oc2c(-c4ccc(-n5c6ccccc6c6ccccc65)cc4)cccc23)C1(C)C. The fourth-order valence-corrected chi connectivity index (χ4v) is 7.79. The van der Waals surface area contributed by atoms with E-state index in [1.54, 1.807) is 0 Å². The van der Waals surface area contributed by atoms with Gasteiger partial charge in [-0.25, -0.2) is 0 Å². The number of rotatable bonds is 2. The van der Waals surface area contributed by atoms with Crippen molar-refractivity contribution < 1.29 is 4.42 Å². The normalized spacial score (nSPS) is 15.2. The molecule has 0 saturated heterocycles. The summed E-state index contributed by atoms with van der Waals surface area (Å²) in [4.78, 5) is 0. The van der Waals surface area contributed by atoms with Gasteiger partial charge in [0.2, 0.25) is 0 Å². The van der Waals surface area contributed by atoms with Crippen LogP contribution in [0, 0.1) is 0 Å². The van der Waals surface area contributed by atoms with E-state index in [9.17, 15) is 0 Å². The van der Waals surface area contributed by atoms with Crippen LogP contribution in [0.2, 0.25) is 0 Å². The van der Waals surface area contributed by atoms with Crippen LogP contribution in [0.5, 0.6) is 0 Å². The van der Waals surface area contributed by atoms with Crippen LogP contribution in [0.25, 0.3) is 71.7 Å². The molecule has 0 atom stereocenters. The highest BCUT2D eigenvalue weighted by Gasteiger charge is 2.46. The second-order valence-electron chi connectivity index (χ2n) is 13.4. The van der Waals surface area contributed by atoms with E-state index in [1.165, 1.54) is 49.4 Å². The fraction of sp³-hybridized carbons (Fsp3) is 0.143. The van der Waals surface area contributed by atoms with Crippen LogP contribution >= 0.6 is 0 Å². The third-order valence-electron chi connectivity index (χ3n) is 10.8. The summed E-state index contributed by atoms with van der Waals surface area (Å²) in [5, 5.41) is 4.88.